The highest BCUT2D eigenvalue weighted by molar-refractivity contribution is 9.08. The Morgan fingerprint density at radius 1 is 1.10 bits per heavy atom. The lowest BCUT2D eigenvalue weighted by Gasteiger charge is -1.99. The summed E-state index contributed by atoms with van der Waals surface area (Å²) < 4.78 is 2.65. The Hall–Kier alpha value is -0.250. The average molecular weight is 224 g/mol. The van der Waals surface area contributed by atoms with Crippen LogP contribution in [-0.4, -0.2) is 0 Å². The number of benzene rings is 1. The van der Waals surface area contributed by atoms with Crippen molar-refractivity contribution in [1.82, 2.24) is 4.45 Å². The fourth-order valence-corrected chi connectivity index (χ4v) is 0.805. The molecule has 0 aliphatic heterocycles. The molecule has 0 atom stereocenters. The van der Waals surface area contributed by atoms with Gasteiger partial charge in [-0.25, -0.2) is 0 Å². The van der Waals surface area contributed by atoms with E-state index in [0.717, 1.165) is 5.69 Å². The molecule has 0 spiro atoms. The maximum absolute atomic E-state index is 3.02. The van der Waals surface area contributed by atoms with Gasteiger partial charge in [0, 0.05) is 21.8 Å². The van der Waals surface area contributed by atoms with Gasteiger partial charge >= 0.3 is 0 Å². The number of anilines is 1. The van der Waals surface area contributed by atoms with Crippen LogP contribution >= 0.6 is 28.6 Å². The van der Waals surface area contributed by atoms with Gasteiger partial charge in [-0.1, -0.05) is 18.2 Å². The van der Waals surface area contributed by atoms with E-state index in [4.69, 9.17) is 0 Å². The Morgan fingerprint density at radius 3 is 2.20 bits per heavy atom. The van der Waals surface area contributed by atoms with E-state index < -0.39 is 0 Å². The van der Waals surface area contributed by atoms with Crippen LogP contribution in [0.25, 0.3) is 0 Å². The van der Waals surface area contributed by atoms with Crippen LogP contribution in [-0.2, 0) is 0 Å². The molecular formula is C6H8BrClN2. The highest BCUT2D eigenvalue weighted by Crippen LogP contribution is 2.02. The molecule has 1 aromatic carbocycles. The summed E-state index contributed by atoms with van der Waals surface area (Å²) in [6.07, 6.45) is 0. The van der Waals surface area contributed by atoms with E-state index in [9.17, 15) is 0 Å². The Labute approximate surface area is 74.7 Å². The van der Waals surface area contributed by atoms with Gasteiger partial charge in [0.15, 0.2) is 0 Å². The third-order valence-electron chi connectivity index (χ3n) is 0.965. The number of hydrazine groups is 1. The van der Waals surface area contributed by atoms with Crippen LogP contribution in [0, 0.1) is 0 Å². The van der Waals surface area contributed by atoms with Crippen molar-refractivity contribution in [1.29, 1.82) is 0 Å². The maximum atomic E-state index is 3.02. The smallest absolute Gasteiger partial charge is 0.0496 e. The molecule has 10 heavy (non-hydrogen) atoms. The summed E-state index contributed by atoms with van der Waals surface area (Å²) in [7, 11) is 0. The molecule has 2 N–H and O–H groups in total. The number of hydrogen-bond donors (Lipinski definition) is 2. The third kappa shape index (κ3) is 3.06. The molecule has 0 bridgehead atoms. The topological polar surface area (TPSA) is 24.1 Å². The van der Waals surface area contributed by atoms with Crippen molar-refractivity contribution in [2.75, 3.05) is 5.43 Å². The number of rotatable bonds is 2. The van der Waals surface area contributed by atoms with Crippen LogP contribution in [0.4, 0.5) is 5.69 Å². The first-order valence-electron chi connectivity index (χ1n) is 2.60. The predicted octanol–water partition coefficient (Wildman–Crippen LogP) is 2.33. The fourth-order valence-electron chi connectivity index (χ4n) is 0.576. The highest BCUT2D eigenvalue weighted by Gasteiger charge is 1.81. The number of nitrogens with one attached hydrogen (secondary N) is 2. The highest BCUT2D eigenvalue weighted by atomic mass is 79.9. The van der Waals surface area contributed by atoms with E-state index in [-0.39, 0.29) is 12.4 Å². The van der Waals surface area contributed by atoms with Gasteiger partial charge in [0.1, 0.15) is 0 Å². The first-order chi connectivity index (χ1) is 4.43. The maximum Gasteiger partial charge on any atom is 0.0496 e. The lowest BCUT2D eigenvalue weighted by molar-refractivity contribution is 1.25. The monoisotopic (exact) mass is 222 g/mol. The van der Waals surface area contributed by atoms with Gasteiger partial charge in [-0.3, -0.25) is 0 Å². The first-order valence-corrected chi connectivity index (χ1v) is 3.39. The van der Waals surface area contributed by atoms with Crippen molar-refractivity contribution in [2.45, 2.75) is 0 Å². The molecule has 0 aliphatic carbocycles. The SMILES string of the molecule is BrNNc1ccccc1.Cl. The van der Waals surface area contributed by atoms with Crippen LogP contribution < -0.4 is 9.88 Å². The molecule has 0 saturated heterocycles. The second-order valence-corrected chi connectivity index (χ2v) is 1.98. The van der Waals surface area contributed by atoms with Gasteiger partial charge in [-0.2, -0.15) is 4.45 Å². The van der Waals surface area contributed by atoms with Crippen molar-refractivity contribution >= 4 is 34.2 Å². The van der Waals surface area contributed by atoms with Crippen LogP contribution in [0.3, 0.4) is 0 Å². The first kappa shape index (κ1) is 9.75. The van der Waals surface area contributed by atoms with E-state index in [1.54, 1.807) is 0 Å². The average Bonchev–Trinajstić information content (AvgIpc) is 1.91. The van der Waals surface area contributed by atoms with Crippen molar-refractivity contribution in [3.05, 3.63) is 30.3 Å². The van der Waals surface area contributed by atoms with E-state index in [1.165, 1.54) is 0 Å². The van der Waals surface area contributed by atoms with Gasteiger partial charge in [-0.05, 0) is 12.1 Å². The molecule has 1 aromatic rings. The Morgan fingerprint density at radius 2 is 1.70 bits per heavy atom. The summed E-state index contributed by atoms with van der Waals surface area (Å²) in [6.45, 7) is 0. The summed E-state index contributed by atoms with van der Waals surface area (Å²) in [5.74, 6) is 0. The molecule has 0 unspecified atom stereocenters. The molecule has 4 heteroatoms. The summed E-state index contributed by atoms with van der Waals surface area (Å²) >= 11 is 3.02. The van der Waals surface area contributed by atoms with Crippen LogP contribution in [0.2, 0.25) is 0 Å². The molecule has 0 saturated carbocycles. The molecule has 0 amide bonds. The van der Waals surface area contributed by atoms with Gasteiger partial charge in [-0.15, -0.1) is 12.4 Å². The third-order valence-corrected chi connectivity index (χ3v) is 1.16. The fraction of sp³-hybridized carbons (Fsp3) is 0. The molecule has 0 radical (unpaired) electrons. The lowest BCUT2D eigenvalue weighted by Crippen LogP contribution is -2.06. The summed E-state index contributed by atoms with van der Waals surface area (Å²) in [6, 6.07) is 9.83. The van der Waals surface area contributed by atoms with E-state index in [0.29, 0.717) is 0 Å². The second kappa shape index (κ2) is 5.53. The molecule has 0 heterocycles. The van der Waals surface area contributed by atoms with Crippen LogP contribution in [0.5, 0.6) is 0 Å². The number of hydrogen-bond acceptors (Lipinski definition) is 2. The van der Waals surface area contributed by atoms with Gasteiger partial charge in [0.05, 0.1) is 0 Å². The van der Waals surface area contributed by atoms with Crippen molar-refractivity contribution in [3.8, 4) is 0 Å². The molecule has 0 aromatic heterocycles. The Bertz CT molecular complexity index is 169. The zero-order valence-corrected chi connectivity index (χ0v) is 7.58. The van der Waals surface area contributed by atoms with E-state index in [1.807, 2.05) is 30.3 Å². The Balaban J connectivity index is 0.000000810. The lowest BCUT2D eigenvalue weighted by atomic mass is 10.3. The normalized spacial score (nSPS) is 8.10. The van der Waals surface area contributed by atoms with Gasteiger partial charge < -0.3 is 5.43 Å². The summed E-state index contributed by atoms with van der Waals surface area (Å²) in [5.41, 5.74) is 3.91. The van der Waals surface area contributed by atoms with Crippen molar-refractivity contribution in [3.63, 3.8) is 0 Å². The minimum absolute atomic E-state index is 0. The van der Waals surface area contributed by atoms with Gasteiger partial charge in [0.2, 0.25) is 0 Å². The van der Waals surface area contributed by atoms with Gasteiger partial charge in [0.25, 0.3) is 0 Å². The predicted molar refractivity (Wildman–Crippen MR) is 49.4 cm³/mol. The van der Waals surface area contributed by atoms with Crippen LogP contribution in [0.1, 0.15) is 0 Å². The molecule has 0 aliphatic rings. The molecule has 0 fully saturated rings. The zero-order chi connectivity index (χ0) is 6.53. The van der Waals surface area contributed by atoms with Crippen molar-refractivity contribution in [2.24, 2.45) is 0 Å². The largest absolute Gasteiger partial charge is 0.312 e. The number of para-hydroxylation sites is 1. The molecule has 56 valence electrons. The number of halogens is 2. The molecule has 1 rings (SSSR count). The Kier molecular flexibility index (Phi) is 5.39. The molecule has 2 nitrogen and oxygen atoms in total. The standard InChI is InChI=1S/C6H7BrN2.ClH/c7-9-8-6-4-2-1-3-5-6;/h1-5,8-9H;1H. The summed E-state index contributed by atoms with van der Waals surface area (Å²) in [4.78, 5) is 0. The second-order valence-electron chi connectivity index (χ2n) is 1.59. The van der Waals surface area contributed by atoms with E-state index in [2.05, 4.69) is 26.0 Å². The van der Waals surface area contributed by atoms with Crippen LogP contribution in [0.15, 0.2) is 30.3 Å². The summed E-state index contributed by atoms with van der Waals surface area (Å²) in [5, 5.41) is 0. The van der Waals surface area contributed by atoms with Crippen molar-refractivity contribution < 1.29 is 0 Å². The van der Waals surface area contributed by atoms with E-state index >= 15 is 0 Å². The minimum atomic E-state index is 0. The zero-order valence-electron chi connectivity index (χ0n) is 5.17. The quantitative estimate of drug-likeness (QED) is 0.594. The minimum Gasteiger partial charge on any atom is -0.312 e. The molecular weight excluding hydrogens is 215 g/mol.